The minimum Gasteiger partial charge on any atom is -0.456 e. The molecule has 4 heteroatoms. The Kier molecular flexibility index (Phi) is 4.87. The van der Waals surface area contributed by atoms with Crippen LogP contribution in [-0.2, 0) is 0 Å². The van der Waals surface area contributed by atoms with Crippen molar-refractivity contribution < 1.29 is 8.83 Å². The van der Waals surface area contributed by atoms with Crippen LogP contribution in [0, 0.1) is 0 Å². The Morgan fingerprint density at radius 2 is 1.05 bits per heavy atom. The highest BCUT2D eigenvalue weighted by molar-refractivity contribution is 6.16. The van der Waals surface area contributed by atoms with Crippen LogP contribution >= 0.6 is 0 Å². The SMILES string of the molecule is c1ccc(-c2nc(-c3cccc4oc5ccc(-c6cccc7oc8ccccc8c67)cc5c34)nc3ccccc23)cc1. The van der Waals surface area contributed by atoms with Gasteiger partial charge in [0.15, 0.2) is 5.82 Å². The monoisotopic (exact) mass is 538 g/mol. The summed E-state index contributed by atoms with van der Waals surface area (Å²) in [6.07, 6.45) is 0. The smallest absolute Gasteiger partial charge is 0.161 e. The van der Waals surface area contributed by atoms with Gasteiger partial charge in [0.25, 0.3) is 0 Å². The normalized spacial score (nSPS) is 11.8. The molecule has 196 valence electrons. The number of furan rings is 2. The van der Waals surface area contributed by atoms with E-state index in [1.54, 1.807) is 0 Å². The highest BCUT2D eigenvalue weighted by atomic mass is 16.3. The molecule has 9 rings (SSSR count). The molecule has 3 aromatic heterocycles. The van der Waals surface area contributed by atoms with Gasteiger partial charge in [-0.25, -0.2) is 9.97 Å². The Morgan fingerprint density at radius 3 is 1.88 bits per heavy atom. The van der Waals surface area contributed by atoms with Gasteiger partial charge in [-0.1, -0.05) is 97.1 Å². The van der Waals surface area contributed by atoms with Crippen LogP contribution in [0.4, 0.5) is 0 Å². The molecule has 0 saturated heterocycles. The lowest BCUT2D eigenvalue weighted by molar-refractivity contribution is 0.669. The molecule has 0 saturated carbocycles. The topological polar surface area (TPSA) is 52.1 Å². The van der Waals surface area contributed by atoms with Crippen molar-refractivity contribution >= 4 is 54.8 Å². The Morgan fingerprint density at radius 1 is 0.405 bits per heavy atom. The van der Waals surface area contributed by atoms with Crippen molar-refractivity contribution in [1.82, 2.24) is 9.97 Å². The molecule has 0 fully saturated rings. The van der Waals surface area contributed by atoms with Gasteiger partial charge in [-0.3, -0.25) is 0 Å². The molecule has 4 nitrogen and oxygen atoms in total. The lowest BCUT2D eigenvalue weighted by Gasteiger charge is -2.10. The minimum atomic E-state index is 0.675. The first kappa shape index (κ1) is 23.0. The molecule has 0 bridgehead atoms. The maximum Gasteiger partial charge on any atom is 0.161 e. The van der Waals surface area contributed by atoms with E-state index in [0.29, 0.717) is 5.82 Å². The molecule has 0 spiro atoms. The van der Waals surface area contributed by atoms with E-state index in [0.717, 1.165) is 82.7 Å². The molecule has 0 atom stereocenters. The van der Waals surface area contributed by atoms with E-state index in [1.165, 1.54) is 0 Å². The first-order valence-corrected chi connectivity index (χ1v) is 14.0. The maximum atomic E-state index is 6.38. The summed E-state index contributed by atoms with van der Waals surface area (Å²) in [4.78, 5) is 10.2. The minimum absolute atomic E-state index is 0.675. The van der Waals surface area contributed by atoms with E-state index in [4.69, 9.17) is 18.8 Å². The number of fused-ring (bicyclic) bond motifs is 7. The predicted molar refractivity (Wildman–Crippen MR) is 170 cm³/mol. The van der Waals surface area contributed by atoms with Gasteiger partial charge in [-0.05, 0) is 47.5 Å². The van der Waals surface area contributed by atoms with Crippen molar-refractivity contribution in [2.75, 3.05) is 0 Å². The van der Waals surface area contributed by atoms with Crippen LogP contribution in [0.25, 0.3) is 88.6 Å². The van der Waals surface area contributed by atoms with Crippen LogP contribution in [0.2, 0.25) is 0 Å². The van der Waals surface area contributed by atoms with E-state index in [9.17, 15) is 0 Å². The zero-order chi connectivity index (χ0) is 27.6. The van der Waals surface area contributed by atoms with Crippen molar-refractivity contribution in [2.24, 2.45) is 0 Å². The molecule has 0 aliphatic carbocycles. The Bertz CT molecular complexity index is 2470. The highest BCUT2D eigenvalue weighted by Gasteiger charge is 2.19. The molecule has 42 heavy (non-hydrogen) atoms. The number of hydrogen-bond acceptors (Lipinski definition) is 4. The van der Waals surface area contributed by atoms with Gasteiger partial charge < -0.3 is 8.83 Å². The zero-order valence-corrected chi connectivity index (χ0v) is 22.4. The maximum absolute atomic E-state index is 6.38. The number of hydrogen-bond donors (Lipinski definition) is 0. The zero-order valence-electron chi connectivity index (χ0n) is 22.4. The van der Waals surface area contributed by atoms with E-state index in [2.05, 4.69) is 72.8 Å². The molecular formula is C38H22N2O2. The van der Waals surface area contributed by atoms with Crippen LogP contribution in [0.5, 0.6) is 0 Å². The molecule has 9 aromatic rings. The van der Waals surface area contributed by atoms with E-state index >= 15 is 0 Å². The molecule has 0 N–H and O–H groups in total. The van der Waals surface area contributed by atoms with Gasteiger partial charge in [0.2, 0.25) is 0 Å². The lowest BCUT2D eigenvalue weighted by Crippen LogP contribution is -1.95. The number of aromatic nitrogens is 2. The van der Waals surface area contributed by atoms with E-state index in [-0.39, 0.29) is 0 Å². The average Bonchev–Trinajstić information content (AvgIpc) is 3.63. The number of rotatable bonds is 3. The van der Waals surface area contributed by atoms with Gasteiger partial charge in [0.05, 0.1) is 11.2 Å². The molecule has 0 amide bonds. The molecule has 0 aliphatic rings. The molecule has 3 heterocycles. The fourth-order valence-electron chi connectivity index (χ4n) is 6.21. The summed E-state index contributed by atoms with van der Waals surface area (Å²) in [6, 6.07) is 45.5. The Balaban J connectivity index is 1.31. The fraction of sp³-hybridized carbons (Fsp3) is 0. The van der Waals surface area contributed by atoms with Crippen molar-refractivity contribution in [2.45, 2.75) is 0 Å². The number of para-hydroxylation sites is 2. The second-order valence-corrected chi connectivity index (χ2v) is 10.5. The summed E-state index contributed by atoms with van der Waals surface area (Å²) < 4.78 is 12.6. The van der Waals surface area contributed by atoms with Gasteiger partial charge in [0, 0.05) is 38.1 Å². The van der Waals surface area contributed by atoms with Gasteiger partial charge in [-0.15, -0.1) is 0 Å². The third-order valence-corrected chi connectivity index (χ3v) is 8.10. The molecule has 0 unspecified atom stereocenters. The largest absolute Gasteiger partial charge is 0.456 e. The fourth-order valence-corrected chi connectivity index (χ4v) is 6.21. The Labute approximate surface area is 240 Å². The van der Waals surface area contributed by atoms with Crippen molar-refractivity contribution in [3.8, 4) is 33.8 Å². The van der Waals surface area contributed by atoms with Gasteiger partial charge in [0.1, 0.15) is 22.3 Å². The number of benzene rings is 6. The summed E-state index contributed by atoms with van der Waals surface area (Å²) in [5.41, 5.74) is 9.46. The Hall–Kier alpha value is -5.74. The van der Waals surface area contributed by atoms with Crippen LogP contribution in [0.3, 0.4) is 0 Å². The molecule has 0 aliphatic heterocycles. The molecule has 0 radical (unpaired) electrons. The van der Waals surface area contributed by atoms with Gasteiger partial charge >= 0.3 is 0 Å². The third kappa shape index (κ3) is 3.42. The standard InChI is InChI=1S/C38H22N2O2/c1-2-10-23(11-3-1)37-26-12-4-6-16-30(26)39-38(40-37)28-15-9-19-34-36(28)29-22-24(20-21-32(29)42-34)25-14-8-18-33-35(25)27-13-5-7-17-31(27)41-33/h1-22H. The highest BCUT2D eigenvalue weighted by Crippen LogP contribution is 2.41. The first-order chi connectivity index (χ1) is 20.8. The van der Waals surface area contributed by atoms with Crippen LogP contribution in [-0.4, -0.2) is 9.97 Å². The lowest BCUT2D eigenvalue weighted by atomic mass is 9.97. The summed E-state index contributed by atoms with van der Waals surface area (Å²) >= 11 is 0. The van der Waals surface area contributed by atoms with E-state index < -0.39 is 0 Å². The van der Waals surface area contributed by atoms with Crippen molar-refractivity contribution in [3.05, 3.63) is 133 Å². The molecule has 6 aromatic carbocycles. The average molecular weight is 539 g/mol. The summed E-state index contributed by atoms with van der Waals surface area (Å²) in [5.74, 6) is 0.675. The summed E-state index contributed by atoms with van der Waals surface area (Å²) in [7, 11) is 0. The third-order valence-electron chi connectivity index (χ3n) is 8.10. The van der Waals surface area contributed by atoms with Crippen LogP contribution in [0.1, 0.15) is 0 Å². The second kappa shape index (κ2) is 8.88. The summed E-state index contributed by atoms with van der Waals surface area (Å²) in [6.45, 7) is 0. The molecular weight excluding hydrogens is 516 g/mol. The quantitative estimate of drug-likeness (QED) is 0.224. The first-order valence-electron chi connectivity index (χ1n) is 14.0. The predicted octanol–water partition coefficient (Wildman–Crippen LogP) is 10.4. The second-order valence-electron chi connectivity index (χ2n) is 10.5. The number of nitrogens with zero attached hydrogens (tertiary/aromatic N) is 2. The van der Waals surface area contributed by atoms with Crippen LogP contribution in [0.15, 0.2) is 142 Å². The van der Waals surface area contributed by atoms with Crippen LogP contribution < -0.4 is 0 Å². The van der Waals surface area contributed by atoms with Gasteiger partial charge in [-0.2, -0.15) is 0 Å². The summed E-state index contributed by atoms with van der Waals surface area (Å²) in [5, 5.41) is 5.29. The van der Waals surface area contributed by atoms with Crippen molar-refractivity contribution in [1.29, 1.82) is 0 Å². The van der Waals surface area contributed by atoms with E-state index in [1.807, 2.05) is 60.7 Å². The van der Waals surface area contributed by atoms with Crippen molar-refractivity contribution in [3.63, 3.8) is 0 Å².